The molecule has 6 nitrogen and oxygen atoms in total. The van der Waals surface area contributed by atoms with Gasteiger partial charge in [-0.3, -0.25) is 4.79 Å². The van der Waals surface area contributed by atoms with Crippen molar-refractivity contribution >= 4 is 17.6 Å². The summed E-state index contributed by atoms with van der Waals surface area (Å²) in [6, 6.07) is 2.67. The number of methoxy groups -OCH3 is 1. The van der Waals surface area contributed by atoms with E-state index in [2.05, 4.69) is 15.2 Å². The minimum atomic E-state index is -1.09. The summed E-state index contributed by atoms with van der Waals surface area (Å²) < 4.78 is 36.1. The van der Waals surface area contributed by atoms with Gasteiger partial charge in [-0.1, -0.05) is 5.16 Å². The number of hydrogen-bond donors (Lipinski definition) is 1. The topological polar surface area (TPSA) is 81.4 Å². The van der Waals surface area contributed by atoms with Crippen LogP contribution < -0.4 is 5.32 Å². The summed E-state index contributed by atoms with van der Waals surface area (Å²) in [6.45, 7) is 1.61. The summed E-state index contributed by atoms with van der Waals surface area (Å²) in [5.74, 6) is -4.04. The number of halogens is 2. The molecule has 110 valence electrons. The number of ether oxygens (including phenoxy) is 1. The Morgan fingerprint density at radius 1 is 1.24 bits per heavy atom. The lowest BCUT2D eigenvalue weighted by atomic mass is 10.1. The predicted octanol–water partition coefficient (Wildman–Crippen LogP) is 2.30. The second-order valence-electron chi connectivity index (χ2n) is 4.09. The number of benzene rings is 1. The van der Waals surface area contributed by atoms with Gasteiger partial charge in [0.2, 0.25) is 5.76 Å². The zero-order valence-electron chi connectivity index (χ0n) is 11.1. The lowest BCUT2D eigenvalue weighted by molar-refractivity contribution is 0.0595. The number of amides is 1. The fraction of sp³-hybridized carbons (Fsp3) is 0.154. The number of aromatic nitrogens is 1. The van der Waals surface area contributed by atoms with Crippen LogP contribution in [-0.2, 0) is 4.74 Å². The first-order valence-corrected chi connectivity index (χ1v) is 5.74. The van der Waals surface area contributed by atoms with Crippen molar-refractivity contribution in [1.82, 2.24) is 5.16 Å². The lowest BCUT2D eigenvalue weighted by Gasteiger charge is -2.07. The minimum absolute atomic E-state index is 0.143. The Bertz CT molecular complexity index is 712. The van der Waals surface area contributed by atoms with E-state index in [0.717, 1.165) is 13.2 Å². The van der Waals surface area contributed by atoms with Gasteiger partial charge in [-0.25, -0.2) is 13.6 Å². The minimum Gasteiger partial charge on any atom is -0.465 e. The van der Waals surface area contributed by atoms with Crippen LogP contribution in [-0.4, -0.2) is 24.1 Å². The van der Waals surface area contributed by atoms with Crippen LogP contribution in [0.3, 0.4) is 0 Å². The molecule has 2 aromatic rings. The van der Waals surface area contributed by atoms with E-state index < -0.39 is 29.1 Å². The van der Waals surface area contributed by atoms with Gasteiger partial charge in [-0.05, 0) is 13.0 Å². The molecule has 0 radical (unpaired) electrons. The molecule has 1 aromatic heterocycles. The Morgan fingerprint density at radius 3 is 2.52 bits per heavy atom. The average Bonchev–Trinajstić information content (AvgIpc) is 2.87. The molecule has 1 amide bonds. The third-order valence-corrected chi connectivity index (χ3v) is 2.56. The van der Waals surface area contributed by atoms with Gasteiger partial charge in [0.25, 0.3) is 5.91 Å². The smallest absolute Gasteiger partial charge is 0.340 e. The zero-order chi connectivity index (χ0) is 15.6. The summed E-state index contributed by atoms with van der Waals surface area (Å²) >= 11 is 0. The molecule has 0 aliphatic rings. The van der Waals surface area contributed by atoms with Crippen LogP contribution in [0.4, 0.5) is 14.5 Å². The highest BCUT2D eigenvalue weighted by Gasteiger charge is 2.19. The Kier molecular flexibility index (Phi) is 3.97. The molecule has 2 rings (SSSR count). The van der Waals surface area contributed by atoms with Crippen molar-refractivity contribution < 1.29 is 27.6 Å². The van der Waals surface area contributed by atoms with E-state index in [0.29, 0.717) is 11.8 Å². The monoisotopic (exact) mass is 296 g/mol. The van der Waals surface area contributed by atoms with Gasteiger partial charge in [0, 0.05) is 12.1 Å². The number of carbonyl (C=O) groups excluding carboxylic acids is 2. The van der Waals surface area contributed by atoms with Crippen molar-refractivity contribution in [2.24, 2.45) is 0 Å². The highest BCUT2D eigenvalue weighted by molar-refractivity contribution is 6.03. The van der Waals surface area contributed by atoms with E-state index >= 15 is 0 Å². The van der Waals surface area contributed by atoms with Gasteiger partial charge < -0.3 is 14.6 Å². The number of esters is 1. The second kappa shape index (κ2) is 5.70. The number of carbonyl (C=O) groups is 2. The van der Waals surface area contributed by atoms with Crippen LogP contribution in [0.2, 0.25) is 0 Å². The molecule has 0 bridgehead atoms. The maximum Gasteiger partial charge on any atom is 0.340 e. The van der Waals surface area contributed by atoms with Crippen molar-refractivity contribution in [2.45, 2.75) is 6.92 Å². The quantitative estimate of drug-likeness (QED) is 0.879. The molecule has 0 aliphatic carbocycles. The Hall–Kier alpha value is -2.77. The third kappa shape index (κ3) is 3.04. The van der Waals surface area contributed by atoms with E-state index in [4.69, 9.17) is 4.52 Å². The number of aryl methyl sites for hydroxylation is 1. The average molecular weight is 296 g/mol. The molecular formula is C13H10F2N2O4. The van der Waals surface area contributed by atoms with Crippen molar-refractivity contribution in [1.29, 1.82) is 0 Å². The SMILES string of the molecule is COC(=O)c1cc(NC(=O)c2cc(C)no2)c(F)cc1F. The number of rotatable bonds is 3. The molecule has 0 spiro atoms. The summed E-state index contributed by atoms with van der Waals surface area (Å²) in [7, 11) is 1.06. The Balaban J connectivity index is 2.31. The number of hydrogen-bond acceptors (Lipinski definition) is 5. The molecule has 0 atom stereocenters. The maximum atomic E-state index is 13.6. The van der Waals surface area contributed by atoms with Gasteiger partial charge in [0.05, 0.1) is 24.1 Å². The van der Waals surface area contributed by atoms with E-state index in [1.165, 1.54) is 6.07 Å². The highest BCUT2D eigenvalue weighted by Crippen LogP contribution is 2.21. The van der Waals surface area contributed by atoms with E-state index in [9.17, 15) is 18.4 Å². The normalized spacial score (nSPS) is 10.3. The first-order valence-electron chi connectivity index (χ1n) is 5.74. The lowest BCUT2D eigenvalue weighted by Crippen LogP contribution is -2.14. The molecule has 8 heteroatoms. The summed E-state index contributed by atoms with van der Waals surface area (Å²) in [5.41, 5.74) is -0.409. The Labute approximate surface area is 117 Å². The van der Waals surface area contributed by atoms with Crippen molar-refractivity contribution in [3.63, 3.8) is 0 Å². The molecule has 0 saturated carbocycles. The molecule has 0 unspecified atom stereocenters. The fourth-order valence-corrected chi connectivity index (χ4v) is 1.57. The summed E-state index contributed by atoms with van der Waals surface area (Å²) in [5, 5.41) is 5.68. The van der Waals surface area contributed by atoms with Crippen molar-refractivity contribution in [3.05, 3.63) is 46.9 Å². The zero-order valence-corrected chi connectivity index (χ0v) is 11.1. The first-order chi connectivity index (χ1) is 9.92. The number of nitrogens with one attached hydrogen (secondary N) is 1. The predicted molar refractivity (Wildman–Crippen MR) is 66.9 cm³/mol. The van der Waals surface area contributed by atoms with E-state index in [-0.39, 0.29) is 11.4 Å². The molecule has 1 N–H and O–H groups in total. The first kappa shape index (κ1) is 14.6. The molecular weight excluding hydrogens is 286 g/mol. The Morgan fingerprint density at radius 2 is 1.95 bits per heavy atom. The molecule has 1 aromatic carbocycles. The molecule has 0 aliphatic heterocycles. The molecule has 21 heavy (non-hydrogen) atoms. The van der Waals surface area contributed by atoms with Crippen LogP contribution >= 0.6 is 0 Å². The third-order valence-electron chi connectivity index (χ3n) is 2.56. The molecule has 1 heterocycles. The van der Waals surface area contributed by atoms with Gasteiger partial charge in [0.1, 0.15) is 11.6 Å². The van der Waals surface area contributed by atoms with Crippen molar-refractivity contribution in [2.75, 3.05) is 12.4 Å². The summed E-state index contributed by atoms with van der Waals surface area (Å²) in [6.07, 6.45) is 0. The van der Waals surface area contributed by atoms with Gasteiger partial charge in [0.15, 0.2) is 0 Å². The van der Waals surface area contributed by atoms with E-state index in [1.807, 2.05) is 0 Å². The molecule has 0 saturated heterocycles. The van der Waals surface area contributed by atoms with Gasteiger partial charge in [-0.15, -0.1) is 0 Å². The maximum absolute atomic E-state index is 13.6. The fourth-order valence-electron chi connectivity index (χ4n) is 1.57. The van der Waals surface area contributed by atoms with E-state index in [1.54, 1.807) is 6.92 Å². The van der Waals surface area contributed by atoms with Gasteiger partial charge >= 0.3 is 5.97 Å². The number of anilines is 1. The second-order valence-corrected chi connectivity index (χ2v) is 4.09. The standard InChI is InChI=1S/C13H10F2N2O4/c1-6-3-11(21-17-6)12(18)16-10-4-7(13(19)20-2)8(14)5-9(10)15/h3-5H,1-2H3,(H,16,18). The molecule has 0 fully saturated rings. The summed E-state index contributed by atoms with van der Waals surface area (Å²) in [4.78, 5) is 23.1. The number of nitrogens with zero attached hydrogens (tertiary/aromatic N) is 1. The van der Waals surface area contributed by atoms with Crippen molar-refractivity contribution in [3.8, 4) is 0 Å². The van der Waals surface area contributed by atoms with Crippen LogP contribution in [0.1, 0.15) is 26.6 Å². The largest absolute Gasteiger partial charge is 0.465 e. The van der Waals surface area contributed by atoms with Crippen LogP contribution in [0.25, 0.3) is 0 Å². The van der Waals surface area contributed by atoms with Crippen LogP contribution in [0, 0.1) is 18.6 Å². The van der Waals surface area contributed by atoms with Crippen LogP contribution in [0.15, 0.2) is 22.7 Å². The van der Waals surface area contributed by atoms with Gasteiger partial charge in [-0.2, -0.15) is 0 Å². The highest BCUT2D eigenvalue weighted by atomic mass is 19.1. The van der Waals surface area contributed by atoms with Crippen LogP contribution in [0.5, 0.6) is 0 Å².